The SMILES string of the molecule is CCN(C)CCCCF. The number of hydrogen-bond donors (Lipinski definition) is 0. The number of halogens is 1. The minimum atomic E-state index is -0.169. The van der Waals surface area contributed by atoms with Gasteiger partial charge in [-0.05, 0) is 33.0 Å². The van der Waals surface area contributed by atoms with E-state index in [1.807, 2.05) is 0 Å². The van der Waals surface area contributed by atoms with E-state index in [4.69, 9.17) is 0 Å². The van der Waals surface area contributed by atoms with Crippen LogP contribution in [0.2, 0.25) is 0 Å². The molecular weight excluding hydrogens is 117 g/mol. The monoisotopic (exact) mass is 133 g/mol. The van der Waals surface area contributed by atoms with Gasteiger partial charge in [-0.15, -0.1) is 0 Å². The van der Waals surface area contributed by atoms with Gasteiger partial charge >= 0.3 is 0 Å². The van der Waals surface area contributed by atoms with E-state index in [-0.39, 0.29) is 6.67 Å². The lowest BCUT2D eigenvalue weighted by Crippen LogP contribution is -2.18. The molecule has 0 N–H and O–H groups in total. The van der Waals surface area contributed by atoms with E-state index in [1.165, 1.54) is 0 Å². The number of nitrogens with zero attached hydrogens (tertiary/aromatic N) is 1. The number of hydrogen-bond acceptors (Lipinski definition) is 1. The Labute approximate surface area is 56.9 Å². The second-order valence-corrected chi connectivity index (χ2v) is 2.29. The average Bonchev–Trinajstić information content (AvgIpc) is 1.89. The first-order valence-corrected chi connectivity index (χ1v) is 3.55. The normalized spacial score (nSPS) is 10.7. The number of unbranched alkanes of at least 4 members (excludes halogenated alkanes) is 1. The third-order valence-corrected chi connectivity index (χ3v) is 1.46. The molecule has 0 amide bonds. The Morgan fingerprint density at radius 1 is 1.33 bits per heavy atom. The van der Waals surface area contributed by atoms with Gasteiger partial charge in [-0.2, -0.15) is 0 Å². The molecule has 0 saturated carbocycles. The van der Waals surface area contributed by atoms with E-state index in [0.717, 1.165) is 19.5 Å². The maximum Gasteiger partial charge on any atom is 0.0894 e. The average molecular weight is 133 g/mol. The van der Waals surface area contributed by atoms with Gasteiger partial charge in [0.1, 0.15) is 0 Å². The molecule has 0 fully saturated rings. The van der Waals surface area contributed by atoms with Crippen LogP contribution in [0.4, 0.5) is 4.39 Å². The molecule has 0 saturated heterocycles. The third-order valence-electron chi connectivity index (χ3n) is 1.46. The summed E-state index contributed by atoms with van der Waals surface area (Å²) in [5.41, 5.74) is 0. The first-order chi connectivity index (χ1) is 4.31. The van der Waals surface area contributed by atoms with E-state index in [0.29, 0.717) is 6.42 Å². The zero-order valence-corrected chi connectivity index (χ0v) is 6.36. The summed E-state index contributed by atoms with van der Waals surface area (Å²) < 4.78 is 11.5. The molecule has 0 aromatic rings. The van der Waals surface area contributed by atoms with Gasteiger partial charge in [0.2, 0.25) is 0 Å². The van der Waals surface area contributed by atoms with Crippen molar-refractivity contribution >= 4 is 0 Å². The summed E-state index contributed by atoms with van der Waals surface area (Å²) in [5.74, 6) is 0. The van der Waals surface area contributed by atoms with E-state index in [1.54, 1.807) is 0 Å². The lowest BCUT2D eigenvalue weighted by molar-refractivity contribution is 0.332. The minimum absolute atomic E-state index is 0.169. The highest BCUT2D eigenvalue weighted by atomic mass is 19.1. The smallest absolute Gasteiger partial charge is 0.0894 e. The molecule has 2 heteroatoms. The van der Waals surface area contributed by atoms with E-state index >= 15 is 0 Å². The van der Waals surface area contributed by atoms with Crippen LogP contribution in [0.25, 0.3) is 0 Å². The van der Waals surface area contributed by atoms with Crippen molar-refractivity contribution in [1.29, 1.82) is 0 Å². The molecule has 0 unspecified atom stereocenters. The summed E-state index contributed by atoms with van der Waals surface area (Å²) in [6.07, 6.45) is 1.70. The van der Waals surface area contributed by atoms with Gasteiger partial charge in [0.05, 0.1) is 6.67 Å². The summed E-state index contributed by atoms with van der Waals surface area (Å²) in [7, 11) is 2.05. The molecule has 0 aliphatic heterocycles. The van der Waals surface area contributed by atoms with Crippen LogP contribution in [0.5, 0.6) is 0 Å². The molecule has 0 aromatic heterocycles. The van der Waals surface area contributed by atoms with Crippen molar-refractivity contribution in [3.63, 3.8) is 0 Å². The second-order valence-electron chi connectivity index (χ2n) is 2.29. The highest BCUT2D eigenvalue weighted by Crippen LogP contribution is 1.91. The van der Waals surface area contributed by atoms with Gasteiger partial charge in [0.25, 0.3) is 0 Å². The summed E-state index contributed by atoms with van der Waals surface area (Å²) in [6, 6.07) is 0. The van der Waals surface area contributed by atoms with Crippen molar-refractivity contribution in [2.75, 3.05) is 26.8 Å². The summed E-state index contributed by atoms with van der Waals surface area (Å²) in [6.45, 7) is 4.03. The van der Waals surface area contributed by atoms with Gasteiger partial charge in [-0.3, -0.25) is 4.39 Å². The molecule has 0 heterocycles. The first-order valence-electron chi connectivity index (χ1n) is 3.55. The van der Waals surface area contributed by atoms with Crippen molar-refractivity contribution < 1.29 is 4.39 Å². The topological polar surface area (TPSA) is 3.24 Å². The molecule has 0 rings (SSSR count). The highest BCUT2D eigenvalue weighted by Gasteiger charge is 1.92. The maximum atomic E-state index is 11.5. The molecule has 0 aliphatic rings. The lowest BCUT2D eigenvalue weighted by Gasteiger charge is -2.11. The van der Waals surface area contributed by atoms with E-state index in [2.05, 4.69) is 18.9 Å². The van der Waals surface area contributed by atoms with Crippen LogP contribution in [0.1, 0.15) is 19.8 Å². The van der Waals surface area contributed by atoms with Crippen molar-refractivity contribution in [2.45, 2.75) is 19.8 Å². The Morgan fingerprint density at radius 3 is 2.44 bits per heavy atom. The Morgan fingerprint density at radius 2 is 2.00 bits per heavy atom. The zero-order valence-electron chi connectivity index (χ0n) is 6.36. The fourth-order valence-corrected chi connectivity index (χ4v) is 0.634. The molecule has 0 radical (unpaired) electrons. The summed E-state index contributed by atoms with van der Waals surface area (Å²) >= 11 is 0. The molecule has 56 valence electrons. The highest BCUT2D eigenvalue weighted by molar-refractivity contribution is 4.46. The van der Waals surface area contributed by atoms with Gasteiger partial charge < -0.3 is 4.90 Å². The standard InChI is InChI=1S/C7H16FN/c1-3-9(2)7-5-4-6-8/h3-7H2,1-2H3. The Hall–Kier alpha value is -0.110. The first kappa shape index (κ1) is 8.89. The Bertz CT molecular complexity index is 56.9. The predicted molar refractivity (Wildman–Crippen MR) is 38.4 cm³/mol. The van der Waals surface area contributed by atoms with Gasteiger partial charge in [-0.25, -0.2) is 0 Å². The number of alkyl halides is 1. The molecule has 1 nitrogen and oxygen atoms in total. The largest absolute Gasteiger partial charge is 0.307 e. The van der Waals surface area contributed by atoms with Crippen molar-refractivity contribution in [2.24, 2.45) is 0 Å². The van der Waals surface area contributed by atoms with Crippen molar-refractivity contribution in [3.05, 3.63) is 0 Å². The molecule has 0 aromatic carbocycles. The van der Waals surface area contributed by atoms with Crippen molar-refractivity contribution in [3.8, 4) is 0 Å². The molecule has 9 heavy (non-hydrogen) atoms. The zero-order chi connectivity index (χ0) is 7.11. The fraction of sp³-hybridized carbons (Fsp3) is 1.00. The summed E-state index contributed by atoms with van der Waals surface area (Å²) in [5, 5.41) is 0. The van der Waals surface area contributed by atoms with Crippen LogP contribution in [-0.2, 0) is 0 Å². The Kier molecular flexibility index (Phi) is 5.94. The van der Waals surface area contributed by atoms with Crippen LogP contribution >= 0.6 is 0 Å². The van der Waals surface area contributed by atoms with Gasteiger partial charge in [-0.1, -0.05) is 6.92 Å². The van der Waals surface area contributed by atoms with Gasteiger partial charge in [0.15, 0.2) is 0 Å². The van der Waals surface area contributed by atoms with Crippen molar-refractivity contribution in [1.82, 2.24) is 4.90 Å². The van der Waals surface area contributed by atoms with Crippen LogP contribution in [0.3, 0.4) is 0 Å². The molecule has 0 aliphatic carbocycles. The van der Waals surface area contributed by atoms with Crippen LogP contribution in [0, 0.1) is 0 Å². The minimum Gasteiger partial charge on any atom is -0.307 e. The van der Waals surface area contributed by atoms with Crippen LogP contribution < -0.4 is 0 Å². The third kappa shape index (κ3) is 5.77. The molecule has 0 spiro atoms. The van der Waals surface area contributed by atoms with E-state index in [9.17, 15) is 4.39 Å². The quantitative estimate of drug-likeness (QED) is 0.516. The van der Waals surface area contributed by atoms with Gasteiger partial charge in [0, 0.05) is 0 Å². The summed E-state index contributed by atoms with van der Waals surface area (Å²) in [4.78, 5) is 2.19. The molecular formula is C7H16FN. The number of rotatable bonds is 5. The molecule has 0 atom stereocenters. The van der Waals surface area contributed by atoms with E-state index < -0.39 is 0 Å². The predicted octanol–water partition coefficient (Wildman–Crippen LogP) is 1.69. The Balaban J connectivity index is 2.88. The molecule has 0 bridgehead atoms. The lowest BCUT2D eigenvalue weighted by atomic mass is 10.3. The van der Waals surface area contributed by atoms with Crippen LogP contribution in [-0.4, -0.2) is 31.7 Å². The fourth-order valence-electron chi connectivity index (χ4n) is 0.634. The van der Waals surface area contributed by atoms with Crippen LogP contribution in [0.15, 0.2) is 0 Å². The maximum absolute atomic E-state index is 11.5. The second kappa shape index (κ2) is 6.02.